The zero-order valence-corrected chi connectivity index (χ0v) is 17.1. The first-order valence-electron chi connectivity index (χ1n) is 10.1. The number of carbonyl (C=O) groups excluding carboxylic acids is 1. The van der Waals surface area contributed by atoms with Crippen LogP contribution in [-0.4, -0.2) is 30.6 Å². The molecule has 8 heteroatoms. The van der Waals surface area contributed by atoms with E-state index in [4.69, 9.17) is 4.74 Å². The van der Waals surface area contributed by atoms with Crippen molar-refractivity contribution >= 4 is 11.7 Å². The number of pyridine rings is 1. The quantitative estimate of drug-likeness (QED) is 0.741. The van der Waals surface area contributed by atoms with E-state index < -0.39 is 17.7 Å². The van der Waals surface area contributed by atoms with Crippen molar-refractivity contribution in [1.82, 2.24) is 10.3 Å². The number of carbonyl (C=O) groups is 1. The minimum atomic E-state index is -4.49. The number of piperidine rings is 1. The average molecular weight is 421 g/mol. The molecule has 1 fully saturated rings. The van der Waals surface area contributed by atoms with Gasteiger partial charge in [0.15, 0.2) is 0 Å². The van der Waals surface area contributed by atoms with Gasteiger partial charge < -0.3 is 15.0 Å². The van der Waals surface area contributed by atoms with Gasteiger partial charge in [-0.05, 0) is 56.5 Å². The number of rotatable bonds is 6. The first-order chi connectivity index (χ1) is 14.3. The van der Waals surface area contributed by atoms with Crippen LogP contribution in [0.4, 0.5) is 19.0 Å². The molecular weight excluding hydrogens is 395 g/mol. The fraction of sp³-hybridized carbons (Fsp3) is 0.455. The summed E-state index contributed by atoms with van der Waals surface area (Å²) < 4.78 is 45.6. The van der Waals surface area contributed by atoms with E-state index in [1.165, 1.54) is 12.3 Å². The third-order valence-electron chi connectivity index (χ3n) is 5.21. The third-order valence-corrected chi connectivity index (χ3v) is 5.21. The van der Waals surface area contributed by atoms with Crippen LogP contribution < -0.4 is 15.0 Å². The number of anilines is 1. The molecule has 1 aliphatic heterocycles. The number of aromatic nitrogens is 1. The number of halogens is 3. The molecular formula is C22H26F3N3O2. The maximum Gasteiger partial charge on any atom is 0.419 e. The van der Waals surface area contributed by atoms with Crippen LogP contribution in [0, 0.1) is 5.92 Å². The Labute approximate surface area is 174 Å². The molecule has 1 saturated heterocycles. The number of ether oxygens (including phenoxy) is 1. The molecule has 0 saturated carbocycles. The molecule has 2 unspecified atom stereocenters. The van der Waals surface area contributed by atoms with Gasteiger partial charge in [-0.2, -0.15) is 13.2 Å². The van der Waals surface area contributed by atoms with E-state index >= 15 is 0 Å². The fourth-order valence-electron chi connectivity index (χ4n) is 3.71. The van der Waals surface area contributed by atoms with Crippen LogP contribution in [0.3, 0.4) is 0 Å². The second-order valence-corrected chi connectivity index (χ2v) is 7.39. The van der Waals surface area contributed by atoms with Crippen molar-refractivity contribution in [2.24, 2.45) is 5.92 Å². The Kier molecular flexibility index (Phi) is 6.84. The lowest BCUT2D eigenvalue weighted by molar-refractivity contribution is -0.137. The molecule has 0 aliphatic carbocycles. The van der Waals surface area contributed by atoms with Gasteiger partial charge in [-0.3, -0.25) is 4.79 Å². The molecule has 0 bridgehead atoms. The highest BCUT2D eigenvalue weighted by Gasteiger charge is 2.37. The van der Waals surface area contributed by atoms with E-state index in [9.17, 15) is 18.0 Å². The monoisotopic (exact) mass is 421 g/mol. The molecule has 2 heterocycles. The van der Waals surface area contributed by atoms with E-state index in [1.807, 2.05) is 38.1 Å². The number of hydrogen-bond donors (Lipinski definition) is 1. The van der Waals surface area contributed by atoms with Crippen molar-refractivity contribution in [2.75, 3.05) is 24.6 Å². The Morgan fingerprint density at radius 2 is 2.13 bits per heavy atom. The molecule has 2 atom stereocenters. The zero-order chi connectivity index (χ0) is 21.7. The second-order valence-electron chi connectivity index (χ2n) is 7.39. The topological polar surface area (TPSA) is 54.5 Å². The zero-order valence-electron chi connectivity index (χ0n) is 17.1. The Bertz CT molecular complexity index is 873. The third kappa shape index (κ3) is 5.23. The standard InChI is InChI=1S/C22H26F3N3O2/c1-3-30-18-9-4-7-16(13-18)15(2)27-21(29)17-8-6-12-28(14-17)20-19(22(23,24)25)10-5-11-26-20/h4-5,7,9-11,13,15,17H,3,6,8,12,14H2,1-2H3,(H,27,29). The van der Waals surface area contributed by atoms with Gasteiger partial charge in [0, 0.05) is 19.3 Å². The highest BCUT2D eigenvalue weighted by atomic mass is 19.4. The average Bonchev–Trinajstić information content (AvgIpc) is 2.73. The summed E-state index contributed by atoms with van der Waals surface area (Å²) in [6, 6.07) is 9.57. The fourth-order valence-corrected chi connectivity index (χ4v) is 3.71. The Hall–Kier alpha value is -2.77. The van der Waals surface area contributed by atoms with Crippen LogP contribution in [0.2, 0.25) is 0 Å². The first-order valence-corrected chi connectivity index (χ1v) is 10.1. The molecule has 1 amide bonds. The normalized spacial score (nSPS) is 18.0. The van der Waals surface area contributed by atoms with Gasteiger partial charge in [-0.1, -0.05) is 12.1 Å². The molecule has 30 heavy (non-hydrogen) atoms. The SMILES string of the molecule is CCOc1cccc(C(C)NC(=O)C2CCCN(c3ncccc3C(F)(F)F)C2)c1. The summed E-state index contributed by atoms with van der Waals surface area (Å²) in [7, 11) is 0. The van der Waals surface area contributed by atoms with Crippen LogP contribution in [-0.2, 0) is 11.0 Å². The maximum atomic E-state index is 13.4. The number of hydrogen-bond acceptors (Lipinski definition) is 4. The molecule has 1 aromatic heterocycles. The summed E-state index contributed by atoms with van der Waals surface area (Å²) in [4.78, 5) is 18.4. The molecule has 1 N–H and O–H groups in total. The molecule has 2 aromatic rings. The molecule has 5 nitrogen and oxygen atoms in total. The van der Waals surface area contributed by atoms with Crippen LogP contribution in [0.1, 0.15) is 43.9 Å². The van der Waals surface area contributed by atoms with Crippen molar-refractivity contribution < 1.29 is 22.7 Å². The minimum Gasteiger partial charge on any atom is -0.494 e. The van der Waals surface area contributed by atoms with Crippen molar-refractivity contribution in [3.63, 3.8) is 0 Å². The second kappa shape index (κ2) is 9.36. The summed E-state index contributed by atoms with van der Waals surface area (Å²) in [5, 5.41) is 2.99. The van der Waals surface area contributed by atoms with Gasteiger partial charge in [0.25, 0.3) is 0 Å². The Morgan fingerprint density at radius 1 is 1.33 bits per heavy atom. The van der Waals surface area contributed by atoms with Gasteiger partial charge in [0.2, 0.25) is 5.91 Å². The Morgan fingerprint density at radius 3 is 2.87 bits per heavy atom. The summed E-state index contributed by atoms with van der Waals surface area (Å²) in [6.07, 6.45) is -1.89. The van der Waals surface area contributed by atoms with E-state index in [2.05, 4.69) is 10.3 Å². The largest absolute Gasteiger partial charge is 0.494 e. The molecule has 0 spiro atoms. The van der Waals surface area contributed by atoms with E-state index in [0.29, 0.717) is 26.0 Å². The first kappa shape index (κ1) is 21.9. The number of nitrogens with one attached hydrogen (secondary N) is 1. The predicted octanol–water partition coefficient (Wildman–Crippen LogP) is 4.59. The maximum absolute atomic E-state index is 13.4. The van der Waals surface area contributed by atoms with E-state index in [-0.39, 0.29) is 24.3 Å². The lowest BCUT2D eigenvalue weighted by Crippen LogP contribution is -2.44. The van der Waals surface area contributed by atoms with Gasteiger partial charge in [-0.25, -0.2) is 4.98 Å². The lowest BCUT2D eigenvalue weighted by Gasteiger charge is -2.34. The lowest BCUT2D eigenvalue weighted by atomic mass is 9.96. The molecule has 162 valence electrons. The molecule has 0 radical (unpaired) electrons. The number of alkyl halides is 3. The van der Waals surface area contributed by atoms with Crippen molar-refractivity contribution in [1.29, 1.82) is 0 Å². The highest BCUT2D eigenvalue weighted by Crippen LogP contribution is 2.36. The summed E-state index contributed by atoms with van der Waals surface area (Å²) in [6.45, 7) is 4.98. The predicted molar refractivity (Wildman–Crippen MR) is 108 cm³/mol. The molecule has 1 aliphatic rings. The van der Waals surface area contributed by atoms with Crippen LogP contribution >= 0.6 is 0 Å². The van der Waals surface area contributed by atoms with E-state index in [1.54, 1.807) is 4.90 Å². The van der Waals surface area contributed by atoms with Crippen molar-refractivity contribution in [3.05, 3.63) is 53.7 Å². The van der Waals surface area contributed by atoms with Crippen molar-refractivity contribution in [2.45, 2.75) is 38.9 Å². The summed E-state index contributed by atoms with van der Waals surface area (Å²) in [5.74, 6) is 0.0487. The number of nitrogens with zero attached hydrogens (tertiary/aromatic N) is 2. The van der Waals surface area contributed by atoms with Gasteiger partial charge in [-0.15, -0.1) is 0 Å². The van der Waals surface area contributed by atoms with Crippen LogP contribution in [0.5, 0.6) is 5.75 Å². The molecule has 1 aromatic carbocycles. The smallest absolute Gasteiger partial charge is 0.419 e. The summed E-state index contributed by atoms with van der Waals surface area (Å²) >= 11 is 0. The van der Waals surface area contributed by atoms with E-state index in [0.717, 1.165) is 17.4 Å². The van der Waals surface area contributed by atoms with Gasteiger partial charge in [0.05, 0.1) is 24.1 Å². The van der Waals surface area contributed by atoms with Crippen LogP contribution in [0.15, 0.2) is 42.6 Å². The van der Waals surface area contributed by atoms with Gasteiger partial charge >= 0.3 is 6.18 Å². The van der Waals surface area contributed by atoms with Gasteiger partial charge in [0.1, 0.15) is 11.6 Å². The van der Waals surface area contributed by atoms with Crippen LogP contribution in [0.25, 0.3) is 0 Å². The summed E-state index contributed by atoms with van der Waals surface area (Å²) in [5.41, 5.74) is 0.137. The highest BCUT2D eigenvalue weighted by molar-refractivity contribution is 5.80. The number of benzene rings is 1. The molecule has 3 rings (SSSR count). The van der Waals surface area contributed by atoms with Crippen molar-refractivity contribution in [3.8, 4) is 5.75 Å². The number of amides is 1. The Balaban J connectivity index is 1.69. The minimum absolute atomic E-state index is 0.111.